The number of ether oxygens (including phenoxy) is 3. The van der Waals surface area contributed by atoms with Crippen LogP contribution in [0, 0.1) is 14.3 Å². The van der Waals surface area contributed by atoms with Crippen molar-refractivity contribution in [3.8, 4) is 17.2 Å². The minimum Gasteiger partial charge on any atom is -0.489 e. The second kappa shape index (κ2) is 11.9. The topological polar surface area (TPSA) is 60.1 Å². The monoisotopic (exact) mass is 885 g/mol. The van der Waals surface area contributed by atoms with Gasteiger partial charge >= 0.3 is 0 Å². The molecule has 1 atom stereocenters. The molecule has 1 amide bonds. The van der Waals surface area contributed by atoms with E-state index in [1.165, 1.54) is 19.3 Å². The molecule has 1 N–H and O–H groups in total. The van der Waals surface area contributed by atoms with Gasteiger partial charge in [0.25, 0.3) is 0 Å². The van der Waals surface area contributed by atoms with Crippen LogP contribution in [0.3, 0.4) is 0 Å². The quantitative estimate of drug-likeness (QED) is 0.238. The SMILES string of the molecule is O=C(Cc1cc(I)c(Oc2cc(I)c(OCC3CO3)c(I)c2)c(I)c1)NC1CCCCC1. The normalized spacial score (nSPS) is 18.3. The maximum absolute atomic E-state index is 12.5. The van der Waals surface area contributed by atoms with Crippen LogP contribution in [0.4, 0.5) is 0 Å². The van der Waals surface area contributed by atoms with Gasteiger partial charge in [0.15, 0.2) is 5.75 Å². The predicted molar refractivity (Wildman–Crippen MR) is 158 cm³/mol. The van der Waals surface area contributed by atoms with Gasteiger partial charge in [-0.25, -0.2) is 0 Å². The molecular weight excluding hydrogens is 862 g/mol. The number of nitrogens with one attached hydrogen (secondary N) is 1. The molecule has 1 unspecified atom stereocenters. The lowest BCUT2D eigenvalue weighted by Gasteiger charge is -2.22. The fraction of sp³-hybridized carbons (Fsp3) is 0.435. The lowest BCUT2D eigenvalue weighted by molar-refractivity contribution is -0.121. The van der Waals surface area contributed by atoms with Crippen molar-refractivity contribution in [1.82, 2.24) is 5.32 Å². The lowest BCUT2D eigenvalue weighted by Crippen LogP contribution is -2.37. The summed E-state index contributed by atoms with van der Waals surface area (Å²) in [6.45, 7) is 1.36. The van der Waals surface area contributed by atoms with E-state index in [0.717, 1.165) is 56.5 Å². The van der Waals surface area contributed by atoms with Crippen LogP contribution in [-0.4, -0.2) is 31.3 Å². The summed E-state index contributed by atoms with van der Waals surface area (Å²) in [6.07, 6.45) is 6.54. The van der Waals surface area contributed by atoms with Crippen LogP contribution in [0.1, 0.15) is 37.7 Å². The van der Waals surface area contributed by atoms with E-state index in [0.29, 0.717) is 19.1 Å². The second-order valence-corrected chi connectivity index (χ2v) is 12.7. The third kappa shape index (κ3) is 7.20. The summed E-state index contributed by atoms with van der Waals surface area (Å²) in [5, 5.41) is 3.20. The van der Waals surface area contributed by atoms with Gasteiger partial charge in [0.1, 0.15) is 24.2 Å². The Kier molecular flexibility index (Phi) is 9.46. The van der Waals surface area contributed by atoms with Crippen molar-refractivity contribution in [3.05, 3.63) is 44.1 Å². The van der Waals surface area contributed by atoms with E-state index in [1.807, 2.05) is 24.3 Å². The van der Waals surface area contributed by atoms with Crippen molar-refractivity contribution in [2.75, 3.05) is 13.2 Å². The summed E-state index contributed by atoms with van der Waals surface area (Å²) in [5.41, 5.74) is 1.01. The van der Waals surface area contributed by atoms with Gasteiger partial charge in [-0.05, 0) is 133 Å². The number of hydrogen-bond acceptors (Lipinski definition) is 4. The first kappa shape index (κ1) is 25.5. The number of rotatable bonds is 8. The minimum atomic E-state index is 0.105. The van der Waals surface area contributed by atoms with Gasteiger partial charge in [0, 0.05) is 6.04 Å². The molecule has 1 aliphatic carbocycles. The average molecular weight is 885 g/mol. The Hall–Kier alpha value is 0.390. The van der Waals surface area contributed by atoms with E-state index >= 15 is 0 Å². The smallest absolute Gasteiger partial charge is 0.224 e. The Morgan fingerprint density at radius 2 is 1.53 bits per heavy atom. The maximum atomic E-state index is 12.5. The van der Waals surface area contributed by atoms with Crippen molar-refractivity contribution >= 4 is 96.3 Å². The molecule has 4 rings (SSSR count). The molecule has 2 aromatic rings. The van der Waals surface area contributed by atoms with Crippen LogP contribution in [0.2, 0.25) is 0 Å². The molecule has 2 fully saturated rings. The third-order valence-corrected chi connectivity index (χ3v) is 8.61. The molecule has 0 spiro atoms. The first-order valence-corrected chi connectivity index (χ1v) is 14.9. The highest BCUT2D eigenvalue weighted by molar-refractivity contribution is 14.1. The van der Waals surface area contributed by atoms with E-state index in [9.17, 15) is 4.79 Å². The van der Waals surface area contributed by atoms with Crippen LogP contribution in [0.5, 0.6) is 17.2 Å². The molecule has 172 valence electrons. The molecule has 32 heavy (non-hydrogen) atoms. The van der Waals surface area contributed by atoms with Crippen LogP contribution < -0.4 is 14.8 Å². The van der Waals surface area contributed by atoms with E-state index in [-0.39, 0.29) is 12.0 Å². The number of carbonyl (C=O) groups is 1. The zero-order valence-electron chi connectivity index (χ0n) is 17.3. The van der Waals surface area contributed by atoms with Gasteiger partial charge in [-0.2, -0.15) is 0 Å². The summed E-state index contributed by atoms with van der Waals surface area (Å²) in [4.78, 5) is 12.5. The van der Waals surface area contributed by atoms with E-state index in [1.54, 1.807) is 0 Å². The largest absolute Gasteiger partial charge is 0.489 e. The van der Waals surface area contributed by atoms with Gasteiger partial charge in [-0.1, -0.05) is 19.3 Å². The van der Waals surface area contributed by atoms with Crippen LogP contribution in [0.15, 0.2) is 24.3 Å². The van der Waals surface area contributed by atoms with Crippen molar-refractivity contribution in [2.45, 2.75) is 50.7 Å². The Morgan fingerprint density at radius 3 is 2.12 bits per heavy atom. The predicted octanol–water partition coefficient (Wildman–Crippen LogP) is 6.67. The zero-order chi connectivity index (χ0) is 22.7. The number of hydrogen-bond donors (Lipinski definition) is 1. The lowest BCUT2D eigenvalue weighted by atomic mass is 9.95. The molecule has 2 aliphatic rings. The van der Waals surface area contributed by atoms with Gasteiger partial charge in [-0.15, -0.1) is 0 Å². The Bertz CT molecular complexity index is 944. The number of carbonyl (C=O) groups excluding carboxylic acids is 1. The van der Waals surface area contributed by atoms with E-state index < -0.39 is 0 Å². The Labute approximate surface area is 243 Å². The molecule has 1 saturated heterocycles. The van der Waals surface area contributed by atoms with Crippen molar-refractivity contribution < 1.29 is 19.0 Å². The van der Waals surface area contributed by atoms with Gasteiger partial charge in [-0.3, -0.25) is 4.79 Å². The van der Waals surface area contributed by atoms with Crippen LogP contribution >= 0.6 is 90.4 Å². The molecule has 1 saturated carbocycles. The minimum absolute atomic E-state index is 0.105. The van der Waals surface area contributed by atoms with Crippen molar-refractivity contribution in [3.63, 3.8) is 0 Å². The summed E-state index contributed by atoms with van der Waals surface area (Å²) >= 11 is 9.14. The summed E-state index contributed by atoms with van der Waals surface area (Å²) in [6, 6.07) is 8.40. The number of benzene rings is 2. The molecular formula is C23H23I4NO4. The summed E-state index contributed by atoms with van der Waals surface area (Å²) in [5.74, 6) is 2.56. The number of amides is 1. The molecule has 5 nitrogen and oxygen atoms in total. The fourth-order valence-electron chi connectivity index (χ4n) is 3.71. The van der Waals surface area contributed by atoms with Crippen molar-refractivity contribution in [1.29, 1.82) is 0 Å². The molecule has 0 aromatic heterocycles. The fourth-order valence-corrected chi connectivity index (χ4v) is 7.85. The highest BCUT2D eigenvalue weighted by Crippen LogP contribution is 2.37. The number of epoxide rings is 1. The maximum Gasteiger partial charge on any atom is 0.224 e. The van der Waals surface area contributed by atoms with E-state index in [4.69, 9.17) is 14.2 Å². The van der Waals surface area contributed by atoms with Crippen molar-refractivity contribution in [2.24, 2.45) is 0 Å². The molecule has 9 heteroatoms. The third-order valence-electron chi connectivity index (χ3n) is 5.40. The Balaban J connectivity index is 1.42. The molecule has 2 aromatic carbocycles. The first-order valence-electron chi connectivity index (χ1n) is 10.6. The highest BCUT2D eigenvalue weighted by Gasteiger charge is 2.24. The highest BCUT2D eigenvalue weighted by atomic mass is 127. The van der Waals surface area contributed by atoms with E-state index in [2.05, 4.69) is 95.7 Å². The number of halogens is 4. The van der Waals surface area contributed by atoms with Crippen LogP contribution in [-0.2, 0) is 16.0 Å². The first-order chi connectivity index (χ1) is 15.4. The van der Waals surface area contributed by atoms with Gasteiger partial charge in [0.2, 0.25) is 5.91 Å². The standard InChI is InChI=1S/C23H23I4NO4/c24-17-6-13(8-21(29)28-14-4-2-1-3-5-14)7-18(25)23(17)32-15-9-19(26)22(20(27)10-15)31-12-16-11-30-16/h6-7,9-10,14,16H,1-5,8,11-12H2,(H,28,29). The van der Waals surface area contributed by atoms with Gasteiger partial charge in [0.05, 0.1) is 27.3 Å². The summed E-state index contributed by atoms with van der Waals surface area (Å²) < 4.78 is 21.4. The average Bonchev–Trinajstić information content (AvgIpc) is 3.55. The molecule has 0 bridgehead atoms. The zero-order valence-corrected chi connectivity index (χ0v) is 25.9. The van der Waals surface area contributed by atoms with Crippen LogP contribution in [0.25, 0.3) is 0 Å². The molecule has 1 heterocycles. The second-order valence-electron chi connectivity index (χ2n) is 8.05. The molecule has 0 radical (unpaired) electrons. The summed E-state index contributed by atoms with van der Waals surface area (Å²) in [7, 11) is 0. The van der Waals surface area contributed by atoms with Gasteiger partial charge < -0.3 is 19.5 Å². The Morgan fingerprint density at radius 1 is 0.938 bits per heavy atom. The molecule has 1 aliphatic heterocycles.